The average molecular weight is 382 g/mol. The normalized spacial score (nSPS) is 23.1. The number of thioether (sulfide) groups is 1. The first-order valence-corrected chi connectivity index (χ1v) is 9.85. The van der Waals surface area contributed by atoms with Crippen molar-refractivity contribution in [1.29, 1.82) is 0 Å². The largest absolute Gasteiger partial charge is 0.241 e. The number of nitrogens with one attached hydrogen (secondary N) is 1. The fraction of sp³-hybridized carbons (Fsp3) is 0.538. The van der Waals surface area contributed by atoms with Crippen LogP contribution in [0.1, 0.15) is 26.2 Å². The minimum absolute atomic E-state index is 0.0399. The first-order valence-electron chi connectivity index (χ1n) is 6.53. The Kier molecular flexibility index (Phi) is 5.50. The zero-order valence-corrected chi connectivity index (χ0v) is 14.3. The van der Waals surface area contributed by atoms with Gasteiger partial charge in [0.2, 0.25) is 10.0 Å². The van der Waals surface area contributed by atoms with E-state index < -0.39 is 15.8 Å². The molecule has 1 aliphatic rings. The Morgan fingerprint density at radius 1 is 1.45 bits per heavy atom. The van der Waals surface area contributed by atoms with E-state index in [4.69, 9.17) is 0 Å². The van der Waals surface area contributed by atoms with Crippen molar-refractivity contribution in [2.45, 2.75) is 42.4 Å². The summed E-state index contributed by atoms with van der Waals surface area (Å²) < 4.78 is 40.9. The van der Waals surface area contributed by atoms with Crippen LogP contribution >= 0.6 is 27.7 Å². The van der Waals surface area contributed by atoms with Crippen molar-refractivity contribution in [2.24, 2.45) is 0 Å². The van der Waals surface area contributed by atoms with Gasteiger partial charge in [-0.3, -0.25) is 0 Å². The number of halogens is 2. The molecule has 2 unspecified atom stereocenters. The molecule has 1 aromatic carbocycles. The van der Waals surface area contributed by atoms with Crippen molar-refractivity contribution in [1.82, 2.24) is 4.72 Å². The topological polar surface area (TPSA) is 46.2 Å². The summed E-state index contributed by atoms with van der Waals surface area (Å²) >= 11 is 4.90. The highest BCUT2D eigenvalue weighted by Gasteiger charge is 2.31. The number of hydrogen-bond acceptors (Lipinski definition) is 3. The third kappa shape index (κ3) is 3.75. The van der Waals surface area contributed by atoms with E-state index in [1.807, 2.05) is 0 Å². The van der Waals surface area contributed by atoms with Gasteiger partial charge in [-0.2, -0.15) is 11.8 Å². The molecule has 0 radical (unpaired) electrons. The van der Waals surface area contributed by atoms with E-state index in [9.17, 15) is 12.8 Å². The lowest BCUT2D eigenvalue weighted by molar-refractivity contribution is 0.554. The van der Waals surface area contributed by atoms with E-state index in [-0.39, 0.29) is 15.4 Å². The van der Waals surface area contributed by atoms with Gasteiger partial charge in [0.25, 0.3) is 0 Å². The molecule has 1 N–H and O–H groups in total. The molecule has 0 heterocycles. The van der Waals surface area contributed by atoms with Crippen molar-refractivity contribution in [3.8, 4) is 0 Å². The second-order valence-electron chi connectivity index (χ2n) is 4.73. The lowest BCUT2D eigenvalue weighted by atomic mass is 10.3. The summed E-state index contributed by atoms with van der Waals surface area (Å²) in [4.78, 5) is 0.0889. The Balaban J connectivity index is 2.18. The van der Waals surface area contributed by atoms with Crippen molar-refractivity contribution in [3.05, 3.63) is 28.5 Å². The molecule has 0 spiro atoms. The first-order chi connectivity index (χ1) is 9.44. The molecule has 3 nitrogen and oxygen atoms in total. The van der Waals surface area contributed by atoms with Crippen molar-refractivity contribution in [3.63, 3.8) is 0 Å². The Morgan fingerprint density at radius 2 is 2.20 bits per heavy atom. The molecule has 1 fully saturated rings. The number of benzene rings is 1. The van der Waals surface area contributed by atoms with Gasteiger partial charge in [0, 0.05) is 15.8 Å². The van der Waals surface area contributed by atoms with Gasteiger partial charge < -0.3 is 0 Å². The monoisotopic (exact) mass is 381 g/mol. The Bertz CT molecular complexity index is 580. The molecule has 0 amide bonds. The molecular weight excluding hydrogens is 365 g/mol. The lowest BCUT2D eigenvalue weighted by Gasteiger charge is -2.20. The van der Waals surface area contributed by atoms with Crippen LogP contribution in [0.25, 0.3) is 0 Å². The predicted octanol–water partition coefficient (Wildman–Crippen LogP) is 3.54. The molecule has 20 heavy (non-hydrogen) atoms. The SMILES string of the molecule is CCSC1CCCC1NS(=O)(=O)c1ccc(F)cc1Br. The highest BCUT2D eigenvalue weighted by Crippen LogP contribution is 2.31. The summed E-state index contributed by atoms with van der Waals surface area (Å²) in [6.07, 6.45) is 2.93. The van der Waals surface area contributed by atoms with Crippen molar-refractivity contribution >= 4 is 37.7 Å². The van der Waals surface area contributed by atoms with Gasteiger partial charge in [0.15, 0.2) is 0 Å². The van der Waals surface area contributed by atoms with Gasteiger partial charge in [0.05, 0.1) is 4.90 Å². The van der Waals surface area contributed by atoms with Gasteiger partial charge in [-0.1, -0.05) is 13.3 Å². The molecule has 1 saturated carbocycles. The highest BCUT2D eigenvalue weighted by atomic mass is 79.9. The molecule has 1 aromatic rings. The zero-order valence-electron chi connectivity index (χ0n) is 11.1. The minimum atomic E-state index is -3.62. The van der Waals surface area contributed by atoms with Crippen LogP contribution in [-0.2, 0) is 10.0 Å². The van der Waals surface area contributed by atoms with Gasteiger partial charge in [-0.15, -0.1) is 0 Å². The van der Waals surface area contributed by atoms with E-state index in [0.29, 0.717) is 5.25 Å². The summed E-state index contributed by atoms with van der Waals surface area (Å²) in [7, 11) is -3.62. The van der Waals surface area contributed by atoms with Crippen LogP contribution in [0.15, 0.2) is 27.6 Å². The van der Waals surface area contributed by atoms with Crippen molar-refractivity contribution in [2.75, 3.05) is 5.75 Å². The van der Waals surface area contributed by atoms with Gasteiger partial charge in [-0.25, -0.2) is 17.5 Å². The lowest BCUT2D eigenvalue weighted by Crippen LogP contribution is -2.38. The fourth-order valence-corrected chi connectivity index (χ4v) is 6.08. The first kappa shape index (κ1) is 16.3. The number of rotatable bonds is 5. The Hall–Kier alpha value is -0.110. The van der Waals surface area contributed by atoms with Crippen LogP contribution < -0.4 is 4.72 Å². The van der Waals surface area contributed by atoms with Crippen LogP contribution in [0.5, 0.6) is 0 Å². The van der Waals surface area contributed by atoms with Gasteiger partial charge >= 0.3 is 0 Å². The zero-order chi connectivity index (χ0) is 14.8. The molecule has 0 aliphatic heterocycles. The standard InChI is InChI=1S/C13H17BrFNO2S2/c1-2-19-12-5-3-4-11(12)16-20(17,18)13-7-6-9(15)8-10(13)14/h6-8,11-12,16H,2-5H2,1H3. The van der Waals surface area contributed by atoms with E-state index in [1.165, 1.54) is 12.1 Å². The third-order valence-electron chi connectivity index (χ3n) is 3.32. The molecule has 0 bridgehead atoms. The second kappa shape index (κ2) is 6.77. The minimum Gasteiger partial charge on any atom is -0.207 e. The molecule has 2 rings (SSSR count). The van der Waals surface area contributed by atoms with Crippen LogP contribution in [0.2, 0.25) is 0 Å². The van der Waals surface area contributed by atoms with Gasteiger partial charge in [-0.05, 0) is 52.7 Å². The third-order valence-corrected chi connectivity index (χ3v) is 7.12. The average Bonchev–Trinajstić information content (AvgIpc) is 2.76. The van der Waals surface area contributed by atoms with Crippen LogP contribution in [-0.4, -0.2) is 25.5 Å². The van der Waals surface area contributed by atoms with Crippen LogP contribution in [0, 0.1) is 5.82 Å². The molecule has 2 atom stereocenters. The number of hydrogen-bond donors (Lipinski definition) is 1. The molecule has 112 valence electrons. The van der Waals surface area contributed by atoms with E-state index in [1.54, 1.807) is 11.8 Å². The van der Waals surface area contributed by atoms with E-state index >= 15 is 0 Å². The maximum Gasteiger partial charge on any atom is 0.241 e. The summed E-state index contributed by atoms with van der Waals surface area (Å²) in [5.41, 5.74) is 0. The Labute approximate surface area is 131 Å². The predicted molar refractivity (Wildman–Crippen MR) is 84.0 cm³/mol. The maximum absolute atomic E-state index is 13.1. The smallest absolute Gasteiger partial charge is 0.207 e. The molecule has 0 aromatic heterocycles. The van der Waals surface area contributed by atoms with Crippen molar-refractivity contribution < 1.29 is 12.8 Å². The molecule has 7 heteroatoms. The summed E-state index contributed by atoms with van der Waals surface area (Å²) in [5.74, 6) is 0.513. The van der Waals surface area contributed by atoms with Gasteiger partial charge in [0.1, 0.15) is 5.82 Å². The quantitative estimate of drug-likeness (QED) is 0.848. The highest BCUT2D eigenvalue weighted by molar-refractivity contribution is 9.10. The fourth-order valence-electron chi connectivity index (χ4n) is 2.43. The maximum atomic E-state index is 13.1. The number of sulfonamides is 1. The van der Waals surface area contributed by atoms with Crippen LogP contribution in [0.3, 0.4) is 0 Å². The second-order valence-corrected chi connectivity index (χ2v) is 8.78. The van der Waals surface area contributed by atoms with E-state index in [2.05, 4.69) is 27.6 Å². The summed E-state index contributed by atoms with van der Waals surface area (Å²) in [6, 6.07) is 3.58. The molecular formula is C13H17BrFNO2S2. The summed E-state index contributed by atoms with van der Waals surface area (Å²) in [5, 5.41) is 0.328. The van der Waals surface area contributed by atoms with E-state index in [0.717, 1.165) is 31.1 Å². The summed E-state index contributed by atoms with van der Waals surface area (Å²) in [6.45, 7) is 2.07. The molecule has 0 saturated heterocycles. The Morgan fingerprint density at radius 3 is 2.85 bits per heavy atom. The molecule has 1 aliphatic carbocycles. The van der Waals surface area contributed by atoms with Crippen LogP contribution in [0.4, 0.5) is 4.39 Å².